The number of carbonyl (C=O) groups is 1. The summed E-state index contributed by atoms with van der Waals surface area (Å²) in [7, 11) is 0. The molecule has 0 saturated heterocycles. The van der Waals surface area contributed by atoms with Crippen LogP contribution in [-0.4, -0.2) is 12.1 Å². The number of benzene rings is 1. The Morgan fingerprint density at radius 2 is 2.00 bits per heavy atom. The van der Waals surface area contributed by atoms with E-state index in [1.54, 1.807) is 18.2 Å². The number of hydrogen-bond donors (Lipinski definition) is 1. The Kier molecular flexibility index (Phi) is 4.82. The van der Waals surface area contributed by atoms with E-state index >= 15 is 0 Å². The first kappa shape index (κ1) is 14.3. The predicted molar refractivity (Wildman–Crippen MR) is 80.9 cm³/mol. The molecular weight excluding hydrogens is 327 g/mol. The maximum absolute atomic E-state index is 11.8. The average molecular weight is 334 g/mol. The molecule has 0 atom stereocenters. The molecule has 2 rings (SSSR count). The van der Waals surface area contributed by atoms with E-state index in [9.17, 15) is 4.79 Å². The van der Waals surface area contributed by atoms with Gasteiger partial charge in [0, 0.05) is 9.90 Å². The molecule has 0 saturated carbocycles. The zero-order chi connectivity index (χ0) is 13.8. The summed E-state index contributed by atoms with van der Waals surface area (Å²) in [4.78, 5) is 12.6. The minimum atomic E-state index is -0.402. The van der Waals surface area contributed by atoms with Gasteiger partial charge >= 0.3 is 0 Å². The van der Waals surface area contributed by atoms with E-state index in [-0.39, 0.29) is 5.02 Å². The van der Waals surface area contributed by atoms with Gasteiger partial charge < -0.3 is 0 Å². The summed E-state index contributed by atoms with van der Waals surface area (Å²) in [5, 5.41) is 4.58. The van der Waals surface area contributed by atoms with E-state index in [0.29, 0.717) is 14.9 Å². The van der Waals surface area contributed by atoms with Crippen LogP contribution in [0.5, 0.6) is 0 Å². The molecule has 3 nitrogen and oxygen atoms in total. The van der Waals surface area contributed by atoms with Gasteiger partial charge in [0.2, 0.25) is 0 Å². The van der Waals surface area contributed by atoms with Gasteiger partial charge in [0.05, 0.1) is 21.1 Å². The quantitative estimate of drug-likeness (QED) is 0.653. The van der Waals surface area contributed by atoms with Crippen LogP contribution in [0.4, 0.5) is 0 Å². The topological polar surface area (TPSA) is 41.5 Å². The molecule has 1 aromatic carbocycles. The second kappa shape index (κ2) is 6.39. The molecule has 1 N–H and O–H groups in total. The van der Waals surface area contributed by atoms with Crippen LogP contribution < -0.4 is 5.43 Å². The van der Waals surface area contributed by atoms with Crippen molar-refractivity contribution in [1.82, 2.24) is 5.43 Å². The van der Waals surface area contributed by atoms with Crippen LogP contribution in [0.3, 0.4) is 0 Å². The maximum atomic E-state index is 11.8. The summed E-state index contributed by atoms with van der Waals surface area (Å²) in [6.07, 6.45) is 1.51. The number of amides is 1. The van der Waals surface area contributed by atoms with Gasteiger partial charge in [-0.25, -0.2) is 5.43 Å². The van der Waals surface area contributed by atoms with Gasteiger partial charge in [-0.1, -0.05) is 34.8 Å². The largest absolute Gasteiger partial charge is 0.272 e. The fourth-order valence-electron chi connectivity index (χ4n) is 1.29. The van der Waals surface area contributed by atoms with E-state index < -0.39 is 5.91 Å². The van der Waals surface area contributed by atoms with Gasteiger partial charge in [-0.2, -0.15) is 5.10 Å². The zero-order valence-corrected chi connectivity index (χ0v) is 12.4. The molecule has 0 fully saturated rings. The number of hydrogen-bond acceptors (Lipinski definition) is 3. The SMILES string of the molecule is O=C(N/N=C\c1ccc(Cl)s1)c1ccc(Cl)cc1Cl. The van der Waals surface area contributed by atoms with Crippen molar-refractivity contribution >= 4 is 58.3 Å². The van der Waals surface area contributed by atoms with Crippen LogP contribution >= 0.6 is 46.1 Å². The van der Waals surface area contributed by atoms with Crippen molar-refractivity contribution in [1.29, 1.82) is 0 Å². The van der Waals surface area contributed by atoms with Crippen LogP contribution in [0.2, 0.25) is 14.4 Å². The average Bonchev–Trinajstić information content (AvgIpc) is 2.75. The van der Waals surface area contributed by atoms with Crippen LogP contribution in [0.1, 0.15) is 15.2 Å². The Hall–Kier alpha value is -1.07. The van der Waals surface area contributed by atoms with Gasteiger partial charge in [-0.05, 0) is 30.3 Å². The molecule has 1 aromatic heterocycles. The van der Waals surface area contributed by atoms with E-state index in [2.05, 4.69) is 10.5 Å². The van der Waals surface area contributed by atoms with Crippen LogP contribution in [-0.2, 0) is 0 Å². The first-order chi connectivity index (χ1) is 9.06. The van der Waals surface area contributed by atoms with E-state index in [0.717, 1.165) is 4.88 Å². The summed E-state index contributed by atoms with van der Waals surface area (Å²) >= 11 is 18.8. The highest BCUT2D eigenvalue weighted by Crippen LogP contribution is 2.21. The molecule has 0 bridgehead atoms. The summed E-state index contributed by atoms with van der Waals surface area (Å²) < 4.78 is 0.661. The van der Waals surface area contributed by atoms with E-state index in [4.69, 9.17) is 34.8 Å². The Balaban J connectivity index is 2.03. The Labute approximate surface area is 128 Å². The molecule has 0 aliphatic carbocycles. The number of hydrazone groups is 1. The number of thiophene rings is 1. The van der Waals surface area contributed by atoms with Crippen LogP contribution in [0.25, 0.3) is 0 Å². The lowest BCUT2D eigenvalue weighted by Gasteiger charge is -2.02. The van der Waals surface area contributed by atoms with Gasteiger partial charge in [-0.15, -0.1) is 11.3 Å². The fourth-order valence-corrected chi connectivity index (χ4v) is 2.71. The third-order valence-electron chi connectivity index (χ3n) is 2.13. The minimum Gasteiger partial charge on any atom is -0.267 e. The Morgan fingerprint density at radius 3 is 2.63 bits per heavy atom. The Bertz CT molecular complexity index is 640. The highest BCUT2D eigenvalue weighted by molar-refractivity contribution is 7.17. The number of halogens is 3. The van der Waals surface area contributed by atoms with Crippen LogP contribution in [0, 0.1) is 0 Å². The second-order valence-corrected chi connectivity index (χ2v) is 6.06. The zero-order valence-electron chi connectivity index (χ0n) is 9.36. The lowest BCUT2D eigenvalue weighted by atomic mass is 10.2. The standard InChI is InChI=1S/C12H7Cl3N2OS/c13-7-1-3-9(10(14)5-7)12(18)17-16-6-8-2-4-11(15)19-8/h1-6H,(H,17,18)/b16-6-. The smallest absolute Gasteiger partial charge is 0.267 e. The first-order valence-electron chi connectivity index (χ1n) is 5.10. The van der Waals surface area contributed by atoms with Crippen molar-refractivity contribution in [2.75, 3.05) is 0 Å². The molecule has 0 radical (unpaired) electrons. The van der Waals surface area contributed by atoms with Gasteiger partial charge in [0.25, 0.3) is 5.91 Å². The van der Waals surface area contributed by atoms with Crippen molar-refractivity contribution in [2.24, 2.45) is 5.10 Å². The molecule has 2 aromatic rings. The first-order valence-corrected chi connectivity index (χ1v) is 7.05. The number of carbonyl (C=O) groups excluding carboxylic acids is 1. The fraction of sp³-hybridized carbons (Fsp3) is 0. The Morgan fingerprint density at radius 1 is 1.21 bits per heavy atom. The summed E-state index contributed by atoms with van der Waals surface area (Å²) in [6.45, 7) is 0. The molecule has 7 heteroatoms. The van der Waals surface area contributed by atoms with E-state index in [1.165, 1.54) is 29.7 Å². The maximum Gasteiger partial charge on any atom is 0.272 e. The van der Waals surface area contributed by atoms with Crippen molar-refractivity contribution in [3.63, 3.8) is 0 Å². The van der Waals surface area contributed by atoms with Crippen molar-refractivity contribution < 1.29 is 4.79 Å². The van der Waals surface area contributed by atoms with E-state index in [1.807, 2.05) is 0 Å². The van der Waals surface area contributed by atoms with Crippen molar-refractivity contribution in [3.05, 3.63) is 55.2 Å². The molecule has 0 aliphatic heterocycles. The minimum absolute atomic E-state index is 0.277. The summed E-state index contributed by atoms with van der Waals surface area (Å²) in [5.41, 5.74) is 2.70. The molecule has 0 aliphatic rings. The van der Waals surface area contributed by atoms with Crippen LogP contribution in [0.15, 0.2) is 35.4 Å². The van der Waals surface area contributed by atoms with Crippen molar-refractivity contribution in [2.45, 2.75) is 0 Å². The highest BCUT2D eigenvalue weighted by Gasteiger charge is 2.09. The van der Waals surface area contributed by atoms with Gasteiger partial charge in [0.1, 0.15) is 0 Å². The number of nitrogens with zero attached hydrogens (tertiary/aromatic N) is 1. The lowest BCUT2D eigenvalue weighted by Crippen LogP contribution is -2.17. The molecule has 19 heavy (non-hydrogen) atoms. The number of nitrogens with one attached hydrogen (secondary N) is 1. The second-order valence-electron chi connectivity index (χ2n) is 3.47. The predicted octanol–water partition coefficient (Wildman–Crippen LogP) is 4.47. The lowest BCUT2D eigenvalue weighted by molar-refractivity contribution is 0.0955. The molecule has 0 spiro atoms. The molecule has 1 amide bonds. The highest BCUT2D eigenvalue weighted by atomic mass is 35.5. The van der Waals surface area contributed by atoms with Crippen molar-refractivity contribution in [3.8, 4) is 0 Å². The summed E-state index contributed by atoms with van der Waals surface area (Å²) in [6, 6.07) is 8.19. The third-order valence-corrected chi connectivity index (χ3v) is 3.84. The summed E-state index contributed by atoms with van der Waals surface area (Å²) in [5.74, 6) is -0.402. The molecular formula is C12H7Cl3N2OS. The molecule has 1 heterocycles. The molecule has 98 valence electrons. The number of rotatable bonds is 3. The molecule has 0 unspecified atom stereocenters. The monoisotopic (exact) mass is 332 g/mol. The van der Waals surface area contributed by atoms with Gasteiger partial charge in [0.15, 0.2) is 0 Å². The van der Waals surface area contributed by atoms with Gasteiger partial charge in [-0.3, -0.25) is 4.79 Å². The third kappa shape index (κ3) is 3.94. The normalized spacial score (nSPS) is 10.9.